The summed E-state index contributed by atoms with van der Waals surface area (Å²) in [4.78, 5) is 35.9. The minimum Gasteiger partial charge on any atom is -0.496 e. The van der Waals surface area contributed by atoms with E-state index in [0.29, 0.717) is 5.75 Å². The van der Waals surface area contributed by atoms with Gasteiger partial charge in [-0.25, -0.2) is 8.78 Å². The Balaban J connectivity index is 1.85. The summed E-state index contributed by atoms with van der Waals surface area (Å²) in [5.74, 6) is -3.97. The van der Waals surface area contributed by atoms with Gasteiger partial charge in [-0.1, -0.05) is 12.1 Å². The number of anilines is 1. The highest BCUT2D eigenvalue weighted by Gasteiger charge is 2.19. The first kappa shape index (κ1) is 20.8. The molecule has 0 radical (unpaired) electrons. The molecule has 0 aliphatic carbocycles. The lowest BCUT2D eigenvalue weighted by atomic mass is 10.2. The predicted molar refractivity (Wildman–Crippen MR) is 95.9 cm³/mol. The molecular weight excluding hydrogens is 374 g/mol. The van der Waals surface area contributed by atoms with Crippen molar-refractivity contribution >= 4 is 23.5 Å². The van der Waals surface area contributed by atoms with E-state index in [1.165, 1.54) is 26.2 Å². The monoisotopic (exact) mass is 392 g/mol. The SMILES string of the molecule is COc1ccccc1C(=O)NCC(=O)O[C@@H](C)C(=O)Nc1ccc(F)c(F)c1. The molecule has 28 heavy (non-hydrogen) atoms. The van der Waals surface area contributed by atoms with Crippen LogP contribution in [-0.4, -0.2) is 37.5 Å². The molecule has 2 aromatic rings. The molecule has 0 bridgehead atoms. The lowest BCUT2D eigenvalue weighted by Crippen LogP contribution is -2.36. The summed E-state index contributed by atoms with van der Waals surface area (Å²) in [5, 5.41) is 4.66. The summed E-state index contributed by atoms with van der Waals surface area (Å²) in [6, 6.07) is 9.27. The van der Waals surface area contributed by atoms with Gasteiger partial charge in [0.15, 0.2) is 17.7 Å². The average Bonchev–Trinajstić information content (AvgIpc) is 2.68. The number of hydrogen-bond donors (Lipinski definition) is 2. The van der Waals surface area contributed by atoms with Gasteiger partial charge >= 0.3 is 5.97 Å². The van der Waals surface area contributed by atoms with Crippen LogP contribution in [-0.2, 0) is 14.3 Å². The standard InChI is InChI=1S/C19H18F2N2O5/c1-11(18(25)23-12-7-8-14(20)15(21)9-12)28-17(24)10-22-19(26)13-5-3-4-6-16(13)27-2/h3-9,11H,10H2,1-2H3,(H,22,26)(H,23,25)/t11-/m0/s1. The van der Waals surface area contributed by atoms with E-state index in [1.54, 1.807) is 18.2 Å². The Morgan fingerprint density at radius 1 is 1.07 bits per heavy atom. The Morgan fingerprint density at radius 2 is 1.79 bits per heavy atom. The second-order valence-corrected chi connectivity index (χ2v) is 5.63. The van der Waals surface area contributed by atoms with Crippen molar-refractivity contribution in [3.05, 3.63) is 59.7 Å². The number of nitrogens with one attached hydrogen (secondary N) is 2. The van der Waals surface area contributed by atoms with Crippen molar-refractivity contribution < 1.29 is 32.6 Å². The Labute approximate surface area is 159 Å². The van der Waals surface area contributed by atoms with Crippen LogP contribution in [0.1, 0.15) is 17.3 Å². The molecule has 0 unspecified atom stereocenters. The Morgan fingerprint density at radius 3 is 2.46 bits per heavy atom. The van der Waals surface area contributed by atoms with Crippen molar-refractivity contribution in [3.8, 4) is 5.75 Å². The van der Waals surface area contributed by atoms with E-state index in [0.717, 1.165) is 12.1 Å². The van der Waals surface area contributed by atoms with E-state index in [2.05, 4.69) is 10.6 Å². The Hall–Kier alpha value is -3.49. The van der Waals surface area contributed by atoms with Gasteiger partial charge in [0.2, 0.25) is 0 Å². The topological polar surface area (TPSA) is 93.7 Å². The van der Waals surface area contributed by atoms with Crippen LogP contribution >= 0.6 is 0 Å². The Bertz CT molecular complexity index is 888. The van der Waals surface area contributed by atoms with Crippen LogP contribution in [0.15, 0.2) is 42.5 Å². The number of rotatable bonds is 7. The first-order valence-electron chi connectivity index (χ1n) is 8.18. The highest BCUT2D eigenvalue weighted by atomic mass is 19.2. The van der Waals surface area contributed by atoms with Gasteiger partial charge in [-0.2, -0.15) is 0 Å². The van der Waals surface area contributed by atoms with Crippen molar-refractivity contribution in [2.75, 3.05) is 19.0 Å². The number of benzene rings is 2. The van der Waals surface area contributed by atoms with E-state index in [9.17, 15) is 23.2 Å². The van der Waals surface area contributed by atoms with Gasteiger partial charge in [-0.15, -0.1) is 0 Å². The highest BCUT2D eigenvalue weighted by molar-refractivity contribution is 5.99. The zero-order valence-electron chi connectivity index (χ0n) is 15.1. The summed E-state index contributed by atoms with van der Waals surface area (Å²) in [5.41, 5.74) is 0.248. The number of para-hydroxylation sites is 1. The largest absolute Gasteiger partial charge is 0.496 e. The van der Waals surface area contributed by atoms with Gasteiger partial charge in [0.1, 0.15) is 12.3 Å². The zero-order valence-corrected chi connectivity index (χ0v) is 15.1. The fourth-order valence-corrected chi connectivity index (χ4v) is 2.19. The van der Waals surface area contributed by atoms with E-state index in [1.807, 2.05) is 0 Å². The molecule has 2 rings (SSSR count). The lowest BCUT2D eigenvalue weighted by Gasteiger charge is -2.14. The normalized spacial score (nSPS) is 11.3. The van der Waals surface area contributed by atoms with E-state index in [4.69, 9.17) is 9.47 Å². The third-order valence-electron chi connectivity index (χ3n) is 3.61. The minimum absolute atomic E-state index is 0.0104. The van der Waals surface area contributed by atoms with Crippen LogP contribution in [0.3, 0.4) is 0 Å². The van der Waals surface area contributed by atoms with Crippen molar-refractivity contribution in [3.63, 3.8) is 0 Å². The first-order valence-corrected chi connectivity index (χ1v) is 8.18. The smallest absolute Gasteiger partial charge is 0.326 e. The van der Waals surface area contributed by atoms with Crippen LogP contribution in [0.2, 0.25) is 0 Å². The molecule has 0 saturated heterocycles. The molecule has 0 aliphatic rings. The van der Waals surface area contributed by atoms with Crippen LogP contribution in [0.5, 0.6) is 5.75 Å². The highest BCUT2D eigenvalue weighted by Crippen LogP contribution is 2.17. The molecule has 9 heteroatoms. The molecule has 7 nitrogen and oxygen atoms in total. The van der Waals surface area contributed by atoms with E-state index < -0.39 is 42.1 Å². The fourth-order valence-electron chi connectivity index (χ4n) is 2.19. The van der Waals surface area contributed by atoms with Crippen LogP contribution in [0.4, 0.5) is 14.5 Å². The summed E-state index contributed by atoms with van der Waals surface area (Å²) >= 11 is 0. The van der Waals surface area contributed by atoms with Crippen molar-refractivity contribution in [2.45, 2.75) is 13.0 Å². The predicted octanol–water partition coefficient (Wildman–Crippen LogP) is 2.27. The second kappa shape index (κ2) is 9.45. The van der Waals surface area contributed by atoms with Crippen LogP contribution < -0.4 is 15.4 Å². The quantitative estimate of drug-likeness (QED) is 0.705. The number of halogens is 2. The molecule has 0 spiro atoms. The number of esters is 1. The molecule has 2 aromatic carbocycles. The third kappa shape index (κ3) is 5.50. The maximum Gasteiger partial charge on any atom is 0.326 e. The average molecular weight is 392 g/mol. The first-order chi connectivity index (χ1) is 13.3. The van der Waals surface area contributed by atoms with E-state index in [-0.39, 0.29) is 11.3 Å². The van der Waals surface area contributed by atoms with Gasteiger partial charge in [-0.3, -0.25) is 14.4 Å². The van der Waals surface area contributed by atoms with Gasteiger partial charge in [0, 0.05) is 11.8 Å². The summed E-state index contributed by atoms with van der Waals surface area (Å²) < 4.78 is 36.0. The third-order valence-corrected chi connectivity index (χ3v) is 3.61. The molecule has 0 aliphatic heterocycles. The summed E-state index contributed by atoms with van der Waals surface area (Å²) in [6.45, 7) is 0.828. The summed E-state index contributed by atoms with van der Waals surface area (Å²) in [6.07, 6.45) is -1.22. The molecule has 2 amide bonds. The number of amides is 2. The minimum atomic E-state index is -1.22. The number of carbonyl (C=O) groups excluding carboxylic acids is 3. The molecule has 0 fully saturated rings. The van der Waals surface area contributed by atoms with Crippen molar-refractivity contribution in [1.29, 1.82) is 0 Å². The fraction of sp³-hybridized carbons (Fsp3) is 0.211. The van der Waals surface area contributed by atoms with Crippen molar-refractivity contribution in [1.82, 2.24) is 5.32 Å². The number of hydrogen-bond acceptors (Lipinski definition) is 5. The van der Waals surface area contributed by atoms with Gasteiger partial charge < -0.3 is 20.1 Å². The van der Waals surface area contributed by atoms with Gasteiger partial charge in [-0.05, 0) is 31.2 Å². The second-order valence-electron chi connectivity index (χ2n) is 5.63. The Kier molecular flexibility index (Phi) is 7.02. The molecule has 2 N–H and O–H groups in total. The molecule has 0 aromatic heterocycles. The molecular formula is C19H18F2N2O5. The van der Waals surface area contributed by atoms with Gasteiger partial charge in [0.25, 0.3) is 11.8 Å². The van der Waals surface area contributed by atoms with Crippen LogP contribution in [0.25, 0.3) is 0 Å². The number of ether oxygens (including phenoxy) is 2. The van der Waals surface area contributed by atoms with Crippen molar-refractivity contribution in [2.24, 2.45) is 0 Å². The number of carbonyl (C=O) groups is 3. The lowest BCUT2D eigenvalue weighted by molar-refractivity contribution is -0.152. The molecule has 0 heterocycles. The maximum absolute atomic E-state index is 13.2. The molecule has 148 valence electrons. The van der Waals surface area contributed by atoms with E-state index >= 15 is 0 Å². The summed E-state index contributed by atoms with van der Waals surface area (Å²) in [7, 11) is 1.41. The van der Waals surface area contributed by atoms with Crippen LogP contribution in [0, 0.1) is 11.6 Å². The molecule has 0 saturated carbocycles. The maximum atomic E-state index is 13.2. The zero-order chi connectivity index (χ0) is 20.7. The number of methoxy groups -OCH3 is 1. The van der Waals surface area contributed by atoms with Gasteiger partial charge in [0.05, 0.1) is 12.7 Å². The molecule has 1 atom stereocenters.